The largest absolute Gasteiger partial charge is 0.385 e. The van der Waals surface area contributed by atoms with Crippen LogP contribution in [0.25, 0.3) is 22.5 Å². The zero-order chi connectivity index (χ0) is 26.0. The Balaban J connectivity index is 2.08. The molecule has 4 rings (SSSR count). The van der Waals surface area contributed by atoms with Crippen LogP contribution in [-0.4, -0.2) is 42.7 Å². The van der Waals surface area contributed by atoms with Crippen LogP contribution < -0.4 is 16.6 Å². The van der Waals surface area contributed by atoms with Crippen molar-refractivity contribution < 1.29 is 0 Å². The predicted molar refractivity (Wildman–Crippen MR) is 146 cm³/mol. The molecule has 0 amide bonds. The zero-order valence-corrected chi connectivity index (χ0v) is 21.9. The van der Waals surface area contributed by atoms with E-state index in [0.717, 1.165) is 21.4 Å². The molecule has 3 aromatic heterocycles. The molecule has 0 saturated heterocycles. The molecule has 0 aliphatic heterocycles. The van der Waals surface area contributed by atoms with E-state index < -0.39 is 17.3 Å². The molecule has 4 aromatic rings. The smallest absolute Gasteiger partial charge is 0.333 e. The lowest BCUT2D eigenvalue weighted by Crippen LogP contribution is -2.40. The molecule has 0 bridgehead atoms. The number of hydrogen-bond acceptors (Lipinski definition) is 7. The lowest BCUT2D eigenvalue weighted by molar-refractivity contribution is 0.567. The van der Waals surface area contributed by atoms with E-state index in [0.29, 0.717) is 27.9 Å². The standard InChI is InChI=1S/C25H26ClN7O2S/c1-5-36-18-10-11-19(29-14-18)15(2)32-23-21(24(34)31(4)25(32)35)33(17-8-6-16(26)7-9-17)22(30-23)20(28-3)12-13-27/h6-15,27-28H,5H2,1-4H3/b20-12-,27-13?. The number of nitrogens with zero attached hydrogens (tertiary/aromatic N) is 5. The first-order valence-electron chi connectivity index (χ1n) is 11.3. The van der Waals surface area contributed by atoms with Crippen LogP contribution in [0.15, 0.2) is 63.2 Å². The summed E-state index contributed by atoms with van der Waals surface area (Å²) in [4.78, 5) is 37.3. The molecule has 0 radical (unpaired) electrons. The third-order valence-electron chi connectivity index (χ3n) is 5.82. The second-order valence-electron chi connectivity index (χ2n) is 7.96. The molecule has 0 spiro atoms. The summed E-state index contributed by atoms with van der Waals surface area (Å²) in [6.45, 7) is 3.93. The molecule has 0 aliphatic rings. The molecule has 0 aliphatic carbocycles. The van der Waals surface area contributed by atoms with Gasteiger partial charge in [0.15, 0.2) is 17.0 Å². The third-order valence-corrected chi connectivity index (χ3v) is 6.93. The quantitative estimate of drug-likeness (QED) is 0.268. The maximum Gasteiger partial charge on any atom is 0.333 e. The van der Waals surface area contributed by atoms with Gasteiger partial charge >= 0.3 is 5.69 Å². The van der Waals surface area contributed by atoms with E-state index >= 15 is 0 Å². The minimum Gasteiger partial charge on any atom is -0.385 e. The topological polar surface area (TPSA) is 111 Å². The minimum atomic E-state index is -0.501. The van der Waals surface area contributed by atoms with Crippen molar-refractivity contribution in [1.29, 1.82) is 5.41 Å². The fraction of sp³-hybridized carbons (Fsp3) is 0.240. The number of benzene rings is 1. The number of allylic oxidation sites excluding steroid dienone is 1. The summed E-state index contributed by atoms with van der Waals surface area (Å²) in [5, 5.41) is 11.2. The Labute approximate surface area is 217 Å². The van der Waals surface area contributed by atoms with E-state index in [1.165, 1.54) is 17.7 Å². The second-order valence-corrected chi connectivity index (χ2v) is 9.73. The summed E-state index contributed by atoms with van der Waals surface area (Å²) >= 11 is 7.80. The Morgan fingerprint density at radius 3 is 2.53 bits per heavy atom. The SMILES string of the molecule is CCSc1ccc(C(C)n2c(=O)n(C)c(=O)c3c2nc(/C(=C/C=N)NC)n3-c2ccc(Cl)cc2)nc1. The van der Waals surface area contributed by atoms with Gasteiger partial charge in [-0.05, 0) is 55.2 Å². The summed E-state index contributed by atoms with van der Waals surface area (Å²) in [5.74, 6) is 1.31. The van der Waals surface area contributed by atoms with Crippen LogP contribution in [-0.2, 0) is 7.05 Å². The van der Waals surface area contributed by atoms with Crippen LogP contribution in [0.4, 0.5) is 0 Å². The molecular formula is C25H26ClN7O2S. The number of rotatable bonds is 8. The van der Waals surface area contributed by atoms with Crippen molar-refractivity contribution in [3.63, 3.8) is 0 Å². The zero-order valence-electron chi connectivity index (χ0n) is 20.3. The lowest BCUT2D eigenvalue weighted by Gasteiger charge is -2.17. The number of fused-ring (bicyclic) bond motifs is 1. The molecule has 1 unspecified atom stereocenters. The Bertz CT molecular complexity index is 1570. The average molecular weight is 524 g/mol. The highest BCUT2D eigenvalue weighted by molar-refractivity contribution is 7.99. The van der Waals surface area contributed by atoms with Crippen molar-refractivity contribution in [2.45, 2.75) is 24.8 Å². The number of nitrogens with one attached hydrogen (secondary N) is 2. The van der Waals surface area contributed by atoms with Gasteiger partial charge in [0.1, 0.15) is 0 Å². The molecule has 0 fully saturated rings. The highest BCUT2D eigenvalue weighted by Crippen LogP contribution is 2.27. The van der Waals surface area contributed by atoms with Crippen molar-refractivity contribution in [2.75, 3.05) is 12.8 Å². The molecule has 186 valence electrons. The van der Waals surface area contributed by atoms with Crippen LogP contribution in [0.1, 0.15) is 31.4 Å². The van der Waals surface area contributed by atoms with Crippen LogP contribution in [0.5, 0.6) is 0 Å². The molecule has 11 heteroatoms. The number of aromatic nitrogens is 5. The third kappa shape index (κ3) is 4.49. The first kappa shape index (κ1) is 25.5. The van der Waals surface area contributed by atoms with Gasteiger partial charge in [-0.25, -0.2) is 9.78 Å². The van der Waals surface area contributed by atoms with Crippen LogP contribution >= 0.6 is 23.4 Å². The highest BCUT2D eigenvalue weighted by atomic mass is 35.5. The fourth-order valence-corrected chi connectivity index (χ4v) is 4.76. The summed E-state index contributed by atoms with van der Waals surface area (Å²) in [7, 11) is 3.15. The van der Waals surface area contributed by atoms with Gasteiger partial charge in [0.25, 0.3) is 5.56 Å². The van der Waals surface area contributed by atoms with Crippen LogP contribution in [0.3, 0.4) is 0 Å². The molecule has 0 saturated carbocycles. The summed E-state index contributed by atoms with van der Waals surface area (Å²) in [6.07, 6.45) is 4.45. The fourth-order valence-electron chi connectivity index (χ4n) is 4.01. The van der Waals surface area contributed by atoms with Gasteiger partial charge in [0.05, 0.1) is 17.4 Å². The van der Waals surface area contributed by atoms with E-state index in [2.05, 4.69) is 17.2 Å². The van der Waals surface area contributed by atoms with Crippen LogP contribution in [0, 0.1) is 5.41 Å². The van der Waals surface area contributed by atoms with E-state index in [-0.39, 0.29) is 11.2 Å². The van der Waals surface area contributed by atoms with Crippen molar-refractivity contribution in [2.24, 2.45) is 7.05 Å². The minimum absolute atomic E-state index is 0.223. The van der Waals surface area contributed by atoms with Crippen molar-refractivity contribution >= 4 is 46.4 Å². The first-order valence-corrected chi connectivity index (χ1v) is 12.7. The normalized spacial score (nSPS) is 12.6. The van der Waals surface area contributed by atoms with Crippen molar-refractivity contribution in [3.05, 3.63) is 86.1 Å². The number of pyridine rings is 1. The Hall–Kier alpha value is -3.63. The van der Waals surface area contributed by atoms with E-state index in [1.54, 1.807) is 53.8 Å². The predicted octanol–water partition coefficient (Wildman–Crippen LogP) is 3.87. The number of thioether (sulfide) groups is 1. The number of imidazole rings is 1. The Kier molecular flexibility index (Phi) is 7.46. The summed E-state index contributed by atoms with van der Waals surface area (Å²) in [5.41, 5.74) is 1.28. The molecule has 1 aromatic carbocycles. The monoisotopic (exact) mass is 523 g/mol. The molecule has 1 atom stereocenters. The first-order chi connectivity index (χ1) is 17.3. The summed E-state index contributed by atoms with van der Waals surface area (Å²) in [6, 6.07) is 10.3. The molecule has 2 N–H and O–H groups in total. The van der Waals surface area contributed by atoms with Crippen molar-refractivity contribution in [3.8, 4) is 5.69 Å². The van der Waals surface area contributed by atoms with Crippen molar-refractivity contribution in [1.82, 2.24) is 29.0 Å². The van der Waals surface area contributed by atoms with Gasteiger partial charge in [0, 0.05) is 42.1 Å². The lowest BCUT2D eigenvalue weighted by atomic mass is 10.2. The molecule has 3 heterocycles. The van der Waals surface area contributed by atoms with Gasteiger partial charge in [0.2, 0.25) is 0 Å². The van der Waals surface area contributed by atoms with Gasteiger partial charge < -0.3 is 10.7 Å². The molecule has 36 heavy (non-hydrogen) atoms. The van der Waals surface area contributed by atoms with E-state index in [4.69, 9.17) is 22.0 Å². The average Bonchev–Trinajstić information content (AvgIpc) is 3.27. The maximum atomic E-state index is 13.5. The Morgan fingerprint density at radius 2 is 1.94 bits per heavy atom. The van der Waals surface area contributed by atoms with Gasteiger partial charge in [-0.15, -0.1) is 11.8 Å². The molecule has 9 nitrogen and oxygen atoms in total. The summed E-state index contributed by atoms with van der Waals surface area (Å²) < 4.78 is 4.24. The van der Waals surface area contributed by atoms with Gasteiger partial charge in [-0.3, -0.25) is 23.5 Å². The second kappa shape index (κ2) is 10.5. The number of halogens is 1. The molecular weight excluding hydrogens is 498 g/mol. The van der Waals surface area contributed by atoms with Gasteiger partial charge in [-0.2, -0.15) is 0 Å². The Morgan fingerprint density at radius 1 is 1.22 bits per heavy atom. The van der Waals surface area contributed by atoms with Gasteiger partial charge in [-0.1, -0.05) is 18.5 Å². The van der Waals surface area contributed by atoms with E-state index in [9.17, 15) is 9.59 Å². The van der Waals surface area contributed by atoms with E-state index in [1.807, 2.05) is 19.1 Å². The highest BCUT2D eigenvalue weighted by Gasteiger charge is 2.26. The number of hydrogen-bond donors (Lipinski definition) is 2. The van der Waals surface area contributed by atoms with Crippen LogP contribution in [0.2, 0.25) is 5.02 Å². The maximum absolute atomic E-state index is 13.5.